The van der Waals surface area contributed by atoms with E-state index in [-0.39, 0.29) is 5.56 Å². The summed E-state index contributed by atoms with van der Waals surface area (Å²) in [5, 5.41) is 4.33. The molecule has 6 rings (SSSR count). The molecule has 35 heavy (non-hydrogen) atoms. The van der Waals surface area contributed by atoms with Gasteiger partial charge in [0.25, 0.3) is 5.56 Å². The lowest BCUT2D eigenvalue weighted by Crippen LogP contribution is -2.29. The van der Waals surface area contributed by atoms with Crippen LogP contribution in [0.1, 0.15) is 24.3 Å². The quantitative estimate of drug-likeness (QED) is 0.424. The molecular formula is C27H28N6O2. The molecule has 1 aliphatic heterocycles. The zero-order valence-corrected chi connectivity index (χ0v) is 20.2. The van der Waals surface area contributed by atoms with E-state index in [1.165, 1.54) is 5.56 Å². The fourth-order valence-corrected chi connectivity index (χ4v) is 5.18. The minimum absolute atomic E-state index is 0.0795. The molecule has 1 aliphatic rings. The van der Waals surface area contributed by atoms with Gasteiger partial charge in [-0.2, -0.15) is 4.98 Å². The molecule has 2 aromatic carbocycles. The Balaban J connectivity index is 1.42. The molecule has 178 valence electrons. The molecule has 1 saturated heterocycles. The van der Waals surface area contributed by atoms with Crippen LogP contribution < -0.4 is 15.6 Å². The number of aromatic nitrogens is 4. The number of nitrogens with one attached hydrogen (secondary N) is 1. The van der Waals surface area contributed by atoms with Crippen molar-refractivity contribution in [2.24, 2.45) is 7.05 Å². The summed E-state index contributed by atoms with van der Waals surface area (Å²) in [6.45, 7) is 2.23. The van der Waals surface area contributed by atoms with E-state index in [2.05, 4.69) is 34.4 Å². The lowest BCUT2D eigenvalue weighted by atomic mass is 9.89. The summed E-state index contributed by atoms with van der Waals surface area (Å²) in [4.78, 5) is 24.7. The summed E-state index contributed by atoms with van der Waals surface area (Å²) in [6.07, 6.45) is 4.00. The van der Waals surface area contributed by atoms with Gasteiger partial charge in [0.1, 0.15) is 16.8 Å². The summed E-state index contributed by atoms with van der Waals surface area (Å²) >= 11 is 0. The van der Waals surface area contributed by atoms with E-state index in [0.29, 0.717) is 28.5 Å². The zero-order chi connectivity index (χ0) is 24.1. The maximum absolute atomic E-state index is 13.0. The average molecular weight is 469 g/mol. The number of rotatable bonds is 4. The van der Waals surface area contributed by atoms with Crippen LogP contribution in [-0.4, -0.2) is 51.1 Å². The van der Waals surface area contributed by atoms with Crippen LogP contribution in [0.3, 0.4) is 0 Å². The van der Waals surface area contributed by atoms with Crippen molar-refractivity contribution in [2.75, 3.05) is 32.6 Å². The zero-order valence-electron chi connectivity index (χ0n) is 20.2. The van der Waals surface area contributed by atoms with Gasteiger partial charge in [-0.15, -0.1) is 0 Å². The highest BCUT2D eigenvalue weighted by Crippen LogP contribution is 2.34. The Labute approximate surface area is 202 Å². The van der Waals surface area contributed by atoms with Crippen LogP contribution in [0.4, 0.5) is 11.6 Å². The van der Waals surface area contributed by atoms with Crippen molar-refractivity contribution in [3.63, 3.8) is 0 Å². The van der Waals surface area contributed by atoms with Crippen LogP contribution in [0.2, 0.25) is 0 Å². The second kappa shape index (κ2) is 8.39. The molecule has 0 spiro atoms. The second-order valence-electron chi connectivity index (χ2n) is 9.35. The van der Waals surface area contributed by atoms with Gasteiger partial charge in [0.05, 0.1) is 24.5 Å². The normalized spacial score (nSPS) is 15.3. The number of fused-ring (bicyclic) bond motifs is 5. The number of aryl methyl sites for hydroxylation is 1. The van der Waals surface area contributed by atoms with Gasteiger partial charge in [0, 0.05) is 12.4 Å². The molecule has 0 aliphatic carbocycles. The number of nitrogens with zero attached hydrogens (tertiary/aromatic N) is 5. The third kappa shape index (κ3) is 3.61. The highest BCUT2D eigenvalue weighted by Gasteiger charge is 2.20. The number of methoxy groups -OCH3 is 1. The minimum atomic E-state index is -0.0795. The molecule has 0 unspecified atom stereocenters. The Bertz CT molecular complexity index is 1630. The van der Waals surface area contributed by atoms with E-state index in [4.69, 9.17) is 9.72 Å². The number of para-hydroxylation sites is 1. The highest BCUT2D eigenvalue weighted by molar-refractivity contribution is 5.92. The number of hydrogen-bond acceptors (Lipinski definition) is 6. The molecule has 0 atom stereocenters. The van der Waals surface area contributed by atoms with Crippen molar-refractivity contribution >= 4 is 39.2 Å². The first kappa shape index (κ1) is 21.6. The summed E-state index contributed by atoms with van der Waals surface area (Å²) in [6, 6.07) is 16.2. The average Bonchev–Trinajstić information content (AvgIpc) is 3.28. The predicted octanol–water partition coefficient (Wildman–Crippen LogP) is 4.30. The van der Waals surface area contributed by atoms with Crippen LogP contribution in [-0.2, 0) is 7.05 Å². The molecule has 3 aromatic heterocycles. The Kier molecular flexibility index (Phi) is 5.18. The number of ether oxygens (including phenoxy) is 1. The van der Waals surface area contributed by atoms with Gasteiger partial charge in [-0.3, -0.25) is 9.20 Å². The number of likely N-dealkylation sites (tertiary alicyclic amines) is 1. The Morgan fingerprint density at radius 2 is 1.80 bits per heavy atom. The molecule has 1 fully saturated rings. The van der Waals surface area contributed by atoms with Crippen LogP contribution in [0.15, 0.2) is 59.5 Å². The topological polar surface area (TPSA) is 76.7 Å². The molecule has 0 saturated carbocycles. The first-order valence-electron chi connectivity index (χ1n) is 11.9. The van der Waals surface area contributed by atoms with Crippen molar-refractivity contribution in [1.29, 1.82) is 0 Å². The summed E-state index contributed by atoms with van der Waals surface area (Å²) in [7, 11) is 5.62. The van der Waals surface area contributed by atoms with Crippen molar-refractivity contribution in [1.82, 2.24) is 23.8 Å². The van der Waals surface area contributed by atoms with E-state index < -0.39 is 0 Å². The molecule has 0 bridgehead atoms. The number of benzene rings is 2. The third-order valence-electron chi connectivity index (χ3n) is 7.22. The van der Waals surface area contributed by atoms with E-state index in [1.807, 2.05) is 40.8 Å². The van der Waals surface area contributed by atoms with Gasteiger partial charge >= 0.3 is 0 Å². The van der Waals surface area contributed by atoms with Gasteiger partial charge in [-0.05, 0) is 68.7 Å². The van der Waals surface area contributed by atoms with Crippen LogP contribution in [0.5, 0.6) is 5.75 Å². The largest absolute Gasteiger partial charge is 0.495 e. The lowest BCUT2D eigenvalue weighted by molar-refractivity contribution is 0.255. The summed E-state index contributed by atoms with van der Waals surface area (Å²) in [5.41, 5.74) is 4.89. The smallest absolute Gasteiger partial charge is 0.275 e. The van der Waals surface area contributed by atoms with Crippen LogP contribution in [0, 0.1) is 0 Å². The van der Waals surface area contributed by atoms with Gasteiger partial charge in [-0.1, -0.05) is 24.3 Å². The fraction of sp³-hybridized carbons (Fsp3) is 0.296. The van der Waals surface area contributed by atoms with Crippen molar-refractivity contribution in [2.45, 2.75) is 18.8 Å². The lowest BCUT2D eigenvalue weighted by Gasteiger charge is -2.29. The molecule has 0 amide bonds. The molecule has 0 radical (unpaired) electrons. The van der Waals surface area contributed by atoms with E-state index in [0.717, 1.165) is 48.3 Å². The Morgan fingerprint density at radius 3 is 2.60 bits per heavy atom. The Morgan fingerprint density at radius 1 is 1.00 bits per heavy atom. The van der Waals surface area contributed by atoms with Crippen molar-refractivity contribution in [3.05, 3.63) is 70.6 Å². The SMILES string of the molecule is COc1cc(C2CCN(C)CC2)ccc1Nc1ncc2c(n1)n1c(cc3ccccc31)c(=O)n2C. The van der Waals surface area contributed by atoms with Gasteiger partial charge in [0.2, 0.25) is 5.95 Å². The number of hydrogen-bond donors (Lipinski definition) is 1. The van der Waals surface area contributed by atoms with E-state index in [9.17, 15) is 4.79 Å². The van der Waals surface area contributed by atoms with Gasteiger partial charge in [0.15, 0.2) is 5.65 Å². The van der Waals surface area contributed by atoms with Gasteiger partial charge in [-0.25, -0.2) is 4.98 Å². The second-order valence-corrected chi connectivity index (χ2v) is 9.35. The maximum Gasteiger partial charge on any atom is 0.275 e. The van der Waals surface area contributed by atoms with Gasteiger partial charge < -0.3 is 19.5 Å². The maximum atomic E-state index is 13.0. The molecule has 4 heterocycles. The Hall–Kier alpha value is -3.91. The molecule has 1 N–H and O–H groups in total. The van der Waals surface area contributed by atoms with Crippen molar-refractivity contribution in [3.8, 4) is 5.75 Å². The van der Waals surface area contributed by atoms with Crippen LogP contribution in [0.25, 0.3) is 27.6 Å². The van der Waals surface area contributed by atoms with E-state index >= 15 is 0 Å². The minimum Gasteiger partial charge on any atom is -0.495 e. The standard InChI is InChI=1S/C27H28N6O2/c1-31-12-10-17(11-13-31)18-8-9-20(24(15-18)35-3)29-27-28-16-23-25(30-27)33-21-7-5-4-6-19(21)14-22(33)26(34)32(23)2/h4-9,14-17H,10-13H2,1-3H3,(H,28,29,30). The van der Waals surface area contributed by atoms with E-state index in [1.54, 1.807) is 24.9 Å². The summed E-state index contributed by atoms with van der Waals surface area (Å²) < 4.78 is 9.25. The molecule has 5 aromatic rings. The third-order valence-corrected chi connectivity index (χ3v) is 7.22. The van der Waals surface area contributed by atoms with Crippen LogP contribution >= 0.6 is 0 Å². The first-order chi connectivity index (χ1) is 17.0. The van der Waals surface area contributed by atoms with Crippen molar-refractivity contribution < 1.29 is 4.74 Å². The number of piperidine rings is 1. The first-order valence-corrected chi connectivity index (χ1v) is 11.9. The molecule has 8 heteroatoms. The number of anilines is 2. The molecule has 8 nitrogen and oxygen atoms in total. The summed E-state index contributed by atoms with van der Waals surface area (Å²) in [5.74, 6) is 1.75. The molecular weight excluding hydrogens is 440 g/mol. The monoisotopic (exact) mass is 468 g/mol. The fourth-order valence-electron chi connectivity index (χ4n) is 5.18. The highest BCUT2D eigenvalue weighted by atomic mass is 16.5. The predicted molar refractivity (Wildman–Crippen MR) is 139 cm³/mol.